The number of ether oxygens (including phenoxy) is 1. The second kappa shape index (κ2) is 6.02. The number of aliphatic imine (C=N–C) groups is 1. The summed E-state index contributed by atoms with van der Waals surface area (Å²) >= 11 is 9.26. The fourth-order valence-electron chi connectivity index (χ4n) is 1.91. The standard InChI is InChI=1S/C16H8BrClFNO2/c17-10-6-4-9(5-7-10)15-20-14(16(21)22-15)8-11-12(18)2-1-3-13(11)19/h1-8H/b14-8+. The van der Waals surface area contributed by atoms with Crippen molar-refractivity contribution in [1.82, 2.24) is 0 Å². The minimum Gasteiger partial charge on any atom is -0.402 e. The number of hydrogen-bond acceptors (Lipinski definition) is 3. The van der Waals surface area contributed by atoms with Crippen LogP contribution in [-0.4, -0.2) is 11.9 Å². The number of carbonyl (C=O) groups excluding carboxylic acids is 1. The maximum atomic E-state index is 13.8. The third-order valence-electron chi connectivity index (χ3n) is 2.99. The number of benzene rings is 2. The smallest absolute Gasteiger partial charge is 0.363 e. The van der Waals surface area contributed by atoms with Crippen LogP contribution in [0.3, 0.4) is 0 Å². The Balaban J connectivity index is 1.99. The van der Waals surface area contributed by atoms with Gasteiger partial charge in [0.15, 0.2) is 5.70 Å². The molecule has 0 bridgehead atoms. The highest BCUT2D eigenvalue weighted by Gasteiger charge is 2.24. The van der Waals surface area contributed by atoms with E-state index in [9.17, 15) is 9.18 Å². The van der Waals surface area contributed by atoms with Crippen molar-refractivity contribution >= 4 is 45.5 Å². The van der Waals surface area contributed by atoms with E-state index < -0.39 is 11.8 Å². The van der Waals surface area contributed by atoms with Crippen LogP contribution in [0.25, 0.3) is 6.08 Å². The van der Waals surface area contributed by atoms with Crippen LogP contribution in [0, 0.1) is 5.82 Å². The number of rotatable bonds is 2. The zero-order chi connectivity index (χ0) is 15.7. The molecule has 0 saturated heterocycles. The second-order valence-electron chi connectivity index (χ2n) is 4.48. The molecule has 110 valence electrons. The fraction of sp³-hybridized carbons (Fsp3) is 0. The summed E-state index contributed by atoms with van der Waals surface area (Å²) in [5.41, 5.74) is 0.765. The summed E-state index contributed by atoms with van der Waals surface area (Å²) < 4.78 is 19.8. The minimum atomic E-state index is -0.641. The lowest BCUT2D eigenvalue weighted by Crippen LogP contribution is -2.05. The maximum Gasteiger partial charge on any atom is 0.363 e. The molecule has 22 heavy (non-hydrogen) atoms. The normalized spacial score (nSPS) is 15.9. The molecular formula is C16H8BrClFNO2. The number of esters is 1. The largest absolute Gasteiger partial charge is 0.402 e. The van der Waals surface area contributed by atoms with Crippen LogP contribution >= 0.6 is 27.5 Å². The van der Waals surface area contributed by atoms with Crippen LogP contribution < -0.4 is 0 Å². The van der Waals surface area contributed by atoms with Crippen molar-refractivity contribution in [3.63, 3.8) is 0 Å². The van der Waals surface area contributed by atoms with E-state index in [0.29, 0.717) is 5.56 Å². The van der Waals surface area contributed by atoms with Gasteiger partial charge < -0.3 is 4.74 Å². The zero-order valence-electron chi connectivity index (χ0n) is 11.0. The quantitative estimate of drug-likeness (QED) is 0.565. The molecule has 3 nitrogen and oxygen atoms in total. The van der Waals surface area contributed by atoms with E-state index in [2.05, 4.69) is 20.9 Å². The Labute approximate surface area is 139 Å². The summed E-state index contributed by atoms with van der Waals surface area (Å²) in [5, 5.41) is 0.201. The molecule has 0 spiro atoms. The lowest BCUT2D eigenvalue weighted by Gasteiger charge is -1.99. The minimum absolute atomic E-state index is 0.00455. The molecule has 2 aromatic carbocycles. The van der Waals surface area contributed by atoms with E-state index in [1.54, 1.807) is 24.3 Å². The van der Waals surface area contributed by atoms with E-state index in [1.165, 1.54) is 24.3 Å². The van der Waals surface area contributed by atoms with Crippen molar-refractivity contribution in [2.24, 2.45) is 4.99 Å². The molecule has 0 N–H and O–H groups in total. The molecule has 0 aromatic heterocycles. The number of hydrogen-bond donors (Lipinski definition) is 0. The number of carbonyl (C=O) groups is 1. The highest BCUT2D eigenvalue weighted by atomic mass is 79.9. The van der Waals surface area contributed by atoms with Crippen LogP contribution in [-0.2, 0) is 9.53 Å². The van der Waals surface area contributed by atoms with Crippen LogP contribution in [0.4, 0.5) is 4.39 Å². The van der Waals surface area contributed by atoms with Crippen LogP contribution in [0.2, 0.25) is 5.02 Å². The molecule has 0 radical (unpaired) electrons. The van der Waals surface area contributed by atoms with E-state index >= 15 is 0 Å². The summed E-state index contributed by atoms with van der Waals surface area (Å²) in [4.78, 5) is 16.0. The Morgan fingerprint density at radius 2 is 1.91 bits per heavy atom. The molecule has 2 aromatic rings. The van der Waals surface area contributed by atoms with E-state index in [-0.39, 0.29) is 22.2 Å². The van der Waals surface area contributed by atoms with Gasteiger partial charge in [0.25, 0.3) is 0 Å². The van der Waals surface area contributed by atoms with E-state index in [4.69, 9.17) is 16.3 Å². The highest BCUT2D eigenvalue weighted by molar-refractivity contribution is 9.10. The summed E-state index contributed by atoms with van der Waals surface area (Å²) in [6.07, 6.45) is 1.28. The fourth-order valence-corrected chi connectivity index (χ4v) is 2.39. The van der Waals surface area contributed by atoms with Gasteiger partial charge >= 0.3 is 5.97 Å². The molecule has 6 heteroatoms. The van der Waals surface area contributed by atoms with Gasteiger partial charge in [0.05, 0.1) is 5.02 Å². The summed E-state index contributed by atoms with van der Waals surface area (Å²) in [6, 6.07) is 11.4. The van der Waals surface area contributed by atoms with Crippen molar-refractivity contribution in [3.05, 3.63) is 74.6 Å². The van der Waals surface area contributed by atoms with Gasteiger partial charge in [-0.1, -0.05) is 33.6 Å². The Bertz CT molecular complexity index is 795. The number of halogens is 3. The highest BCUT2D eigenvalue weighted by Crippen LogP contribution is 2.25. The van der Waals surface area contributed by atoms with Gasteiger partial charge in [0.1, 0.15) is 5.82 Å². The van der Waals surface area contributed by atoms with Gasteiger partial charge in [0, 0.05) is 15.6 Å². The van der Waals surface area contributed by atoms with Crippen LogP contribution in [0.5, 0.6) is 0 Å². The molecular weight excluding hydrogens is 373 g/mol. The van der Waals surface area contributed by atoms with Gasteiger partial charge in [-0.05, 0) is 42.5 Å². The van der Waals surface area contributed by atoms with Crippen molar-refractivity contribution in [1.29, 1.82) is 0 Å². The number of nitrogens with zero attached hydrogens (tertiary/aromatic N) is 1. The molecule has 0 fully saturated rings. The predicted octanol–water partition coefficient (Wildman–Crippen LogP) is 4.59. The molecule has 0 aliphatic carbocycles. The van der Waals surface area contributed by atoms with Crippen LogP contribution in [0.1, 0.15) is 11.1 Å². The van der Waals surface area contributed by atoms with Gasteiger partial charge in [-0.15, -0.1) is 0 Å². The second-order valence-corrected chi connectivity index (χ2v) is 5.80. The molecule has 1 aliphatic heterocycles. The lowest BCUT2D eigenvalue weighted by molar-refractivity contribution is -0.129. The predicted molar refractivity (Wildman–Crippen MR) is 86.2 cm³/mol. The van der Waals surface area contributed by atoms with E-state index in [0.717, 1.165) is 4.47 Å². The third-order valence-corrected chi connectivity index (χ3v) is 3.85. The lowest BCUT2D eigenvalue weighted by atomic mass is 10.2. The number of cyclic esters (lactones) is 1. The molecule has 1 aliphatic rings. The summed E-state index contributed by atoms with van der Waals surface area (Å²) in [6.45, 7) is 0. The Hall–Kier alpha value is -1.98. The van der Waals surface area contributed by atoms with Crippen molar-refractivity contribution in [2.75, 3.05) is 0 Å². The Kier molecular flexibility index (Phi) is 4.09. The van der Waals surface area contributed by atoms with Crippen molar-refractivity contribution < 1.29 is 13.9 Å². The first-order valence-corrected chi connectivity index (χ1v) is 7.44. The van der Waals surface area contributed by atoms with Crippen molar-refractivity contribution in [2.45, 2.75) is 0 Å². The molecule has 0 amide bonds. The van der Waals surface area contributed by atoms with Gasteiger partial charge in [0.2, 0.25) is 5.90 Å². The molecule has 0 saturated carbocycles. The summed E-state index contributed by atoms with van der Waals surface area (Å²) in [7, 11) is 0. The average molecular weight is 381 g/mol. The molecule has 1 heterocycles. The maximum absolute atomic E-state index is 13.8. The molecule has 0 atom stereocenters. The topological polar surface area (TPSA) is 38.7 Å². The van der Waals surface area contributed by atoms with Gasteiger partial charge in [-0.2, -0.15) is 0 Å². The average Bonchev–Trinajstić information content (AvgIpc) is 2.85. The van der Waals surface area contributed by atoms with Gasteiger partial charge in [-0.3, -0.25) is 0 Å². The third kappa shape index (κ3) is 2.96. The summed E-state index contributed by atoms with van der Waals surface area (Å²) in [5.74, 6) is -0.992. The Morgan fingerprint density at radius 3 is 2.59 bits per heavy atom. The first-order chi connectivity index (χ1) is 10.5. The molecule has 3 rings (SSSR count). The SMILES string of the molecule is O=C1OC(c2ccc(Br)cc2)=N/C1=C/c1c(F)cccc1Cl. The monoisotopic (exact) mass is 379 g/mol. The van der Waals surface area contributed by atoms with Gasteiger partial charge in [-0.25, -0.2) is 14.2 Å². The van der Waals surface area contributed by atoms with Crippen molar-refractivity contribution in [3.8, 4) is 0 Å². The van der Waals surface area contributed by atoms with E-state index in [1.807, 2.05) is 0 Å². The zero-order valence-corrected chi connectivity index (χ0v) is 13.4. The van der Waals surface area contributed by atoms with Crippen LogP contribution in [0.15, 0.2) is 57.6 Å². The first kappa shape index (κ1) is 14.9. The molecule has 0 unspecified atom stereocenters. The Morgan fingerprint density at radius 1 is 1.18 bits per heavy atom. The first-order valence-electron chi connectivity index (χ1n) is 6.27.